The molecule has 0 unspecified atom stereocenters. The van der Waals surface area contributed by atoms with Crippen LogP contribution in [0.3, 0.4) is 0 Å². The molecule has 2 aromatic carbocycles. The van der Waals surface area contributed by atoms with Crippen LogP contribution in [0.4, 0.5) is 18.0 Å². The molecule has 114 valence electrons. The van der Waals surface area contributed by atoms with Crippen LogP contribution in [0.25, 0.3) is 11.1 Å². The Morgan fingerprint density at radius 1 is 0.955 bits per heavy atom. The topological polar surface area (TPSA) is 38.3 Å². The summed E-state index contributed by atoms with van der Waals surface area (Å²) in [5, 5.41) is 2.67. The van der Waals surface area contributed by atoms with E-state index in [1.807, 2.05) is 24.3 Å². The molecule has 6 heteroatoms. The van der Waals surface area contributed by atoms with E-state index in [-0.39, 0.29) is 12.6 Å². The summed E-state index contributed by atoms with van der Waals surface area (Å²) >= 11 is 0. The molecule has 0 aliphatic carbocycles. The van der Waals surface area contributed by atoms with Gasteiger partial charge in [-0.05, 0) is 28.8 Å². The lowest BCUT2D eigenvalue weighted by Gasteiger charge is -2.10. The molecular weight excluding hydrogens is 295 g/mol. The van der Waals surface area contributed by atoms with Crippen LogP contribution in [0, 0.1) is 0 Å². The van der Waals surface area contributed by atoms with Gasteiger partial charge in [-0.25, -0.2) is 4.79 Å². The third-order valence-corrected chi connectivity index (χ3v) is 3.53. The van der Waals surface area contributed by atoms with Gasteiger partial charge in [-0.15, -0.1) is 0 Å². The van der Waals surface area contributed by atoms with E-state index in [4.69, 9.17) is 4.74 Å². The Morgan fingerprint density at radius 2 is 1.50 bits per heavy atom. The van der Waals surface area contributed by atoms with Gasteiger partial charge in [0, 0.05) is 0 Å². The Morgan fingerprint density at radius 3 is 1.95 bits per heavy atom. The number of alkyl halides is 3. The van der Waals surface area contributed by atoms with Gasteiger partial charge in [0.15, 0.2) is 0 Å². The fourth-order valence-electron chi connectivity index (χ4n) is 2.32. The molecule has 1 heterocycles. The minimum Gasteiger partial charge on any atom is -0.447 e. The summed E-state index contributed by atoms with van der Waals surface area (Å²) in [5.74, 6) is 0. The van der Waals surface area contributed by atoms with Crippen molar-refractivity contribution in [2.45, 2.75) is 12.2 Å². The van der Waals surface area contributed by atoms with Crippen molar-refractivity contribution in [1.82, 2.24) is 5.32 Å². The lowest BCUT2D eigenvalue weighted by molar-refractivity contribution is -0.137. The Kier molecular flexibility index (Phi) is 3.52. The number of rotatable bonds is 2. The highest BCUT2D eigenvalue weighted by Gasteiger charge is 2.30. The molecule has 1 saturated heterocycles. The second-order valence-electron chi connectivity index (χ2n) is 4.99. The number of benzene rings is 2. The Hall–Kier alpha value is -2.50. The van der Waals surface area contributed by atoms with Crippen molar-refractivity contribution in [1.29, 1.82) is 0 Å². The summed E-state index contributed by atoms with van der Waals surface area (Å²) in [7, 11) is 0. The Labute approximate surface area is 124 Å². The van der Waals surface area contributed by atoms with E-state index in [0.717, 1.165) is 23.3 Å². The van der Waals surface area contributed by atoms with Crippen LogP contribution in [-0.2, 0) is 10.9 Å². The molecule has 22 heavy (non-hydrogen) atoms. The van der Waals surface area contributed by atoms with Crippen LogP contribution in [0.2, 0.25) is 0 Å². The monoisotopic (exact) mass is 307 g/mol. The van der Waals surface area contributed by atoms with Crippen LogP contribution in [0.5, 0.6) is 0 Å². The number of hydrogen-bond acceptors (Lipinski definition) is 2. The molecular formula is C16H12F3NO2. The molecule has 0 saturated carbocycles. The van der Waals surface area contributed by atoms with Gasteiger partial charge < -0.3 is 10.1 Å². The van der Waals surface area contributed by atoms with E-state index in [1.54, 1.807) is 0 Å². The van der Waals surface area contributed by atoms with Gasteiger partial charge in [0.2, 0.25) is 0 Å². The number of alkyl carbamates (subject to hydrolysis) is 1. The second-order valence-corrected chi connectivity index (χ2v) is 4.99. The molecule has 1 aliphatic heterocycles. The number of amides is 1. The average Bonchev–Trinajstić information content (AvgIpc) is 2.93. The zero-order chi connectivity index (χ0) is 15.7. The van der Waals surface area contributed by atoms with Crippen molar-refractivity contribution in [2.75, 3.05) is 6.61 Å². The first-order valence-corrected chi connectivity index (χ1v) is 6.64. The summed E-state index contributed by atoms with van der Waals surface area (Å²) in [6.45, 7) is 0.276. The van der Waals surface area contributed by atoms with Crippen LogP contribution in [-0.4, -0.2) is 12.7 Å². The van der Waals surface area contributed by atoms with Crippen molar-refractivity contribution < 1.29 is 22.7 Å². The predicted octanol–water partition coefficient (Wildman–Crippen LogP) is 4.15. The molecule has 0 radical (unpaired) electrons. The van der Waals surface area contributed by atoms with E-state index >= 15 is 0 Å². The number of halogens is 3. The lowest BCUT2D eigenvalue weighted by atomic mass is 10.0. The van der Waals surface area contributed by atoms with Crippen LogP contribution in [0.1, 0.15) is 17.2 Å². The standard InChI is InChI=1S/C16H12F3NO2/c17-16(18,19)13-7-5-11(6-8-13)10-1-3-12(4-2-10)14-9-22-15(21)20-14/h1-8,14H,9H2,(H,20,21)/t14-/m0/s1. The van der Waals surface area contributed by atoms with Crippen molar-refractivity contribution in [3.05, 3.63) is 59.7 Å². The van der Waals surface area contributed by atoms with E-state index in [9.17, 15) is 18.0 Å². The summed E-state index contributed by atoms with van der Waals surface area (Å²) < 4.78 is 42.4. The van der Waals surface area contributed by atoms with Gasteiger partial charge in [0.05, 0.1) is 11.6 Å². The van der Waals surface area contributed by atoms with Crippen LogP contribution >= 0.6 is 0 Å². The predicted molar refractivity (Wildman–Crippen MR) is 74.1 cm³/mol. The highest BCUT2D eigenvalue weighted by atomic mass is 19.4. The largest absolute Gasteiger partial charge is 0.447 e. The SMILES string of the molecule is O=C1N[C@H](c2ccc(-c3ccc(C(F)(F)F)cc3)cc2)CO1. The summed E-state index contributed by atoms with van der Waals surface area (Å²) in [4.78, 5) is 11.0. The number of cyclic esters (lactones) is 1. The summed E-state index contributed by atoms with van der Waals surface area (Å²) in [5.41, 5.74) is 1.73. The zero-order valence-electron chi connectivity index (χ0n) is 11.4. The molecule has 3 nitrogen and oxygen atoms in total. The van der Waals surface area contributed by atoms with Gasteiger partial charge in [0.25, 0.3) is 0 Å². The Balaban J connectivity index is 1.79. The molecule has 0 bridgehead atoms. The first kappa shape index (κ1) is 14.4. The van der Waals surface area contributed by atoms with Gasteiger partial charge >= 0.3 is 12.3 Å². The van der Waals surface area contributed by atoms with Crippen molar-refractivity contribution in [3.63, 3.8) is 0 Å². The molecule has 1 atom stereocenters. The summed E-state index contributed by atoms with van der Waals surface area (Å²) in [6.07, 6.45) is -4.78. The molecule has 1 N–H and O–H groups in total. The summed E-state index contributed by atoms with van der Waals surface area (Å²) in [6, 6.07) is 12.1. The zero-order valence-corrected chi connectivity index (χ0v) is 11.4. The molecule has 1 fully saturated rings. The quantitative estimate of drug-likeness (QED) is 0.905. The third kappa shape index (κ3) is 2.90. The van der Waals surface area contributed by atoms with Crippen LogP contribution in [0.15, 0.2) is 48.5 Å². The van der Waals surface area contributed by atoms with E-state index in [2.05, 4.69) is 5.32 Å². The first-order chi connectivity index (χ1) is 10.4. The lowest BCUT2D eigenvalue weighted by Crippen LogP contribution is -2.18. The van der Waals surface area contributed by atoms with Gasteiger partial charge in [0.1, 0.15) is 6.61 Å². The fourth-order valence-corrected chi connectivity index (χ4v) is 2.32. The van der Waals surface area contributed by atoms with Crippen molar-refractivity contribution in [3.8, 4) is 11.1 Å². The minimum atomic E-state index is -4.33. The van der Waals surface area contributed by atoms with Gasteiger partial charge in [-0.1, -0.05) is 36.4 Å². The van der Waals surface area contributed by atoms with Crippen molar-refractivity contribution >= 4 is 6.09 Å². The molecule has 1 aliphatic rings. The molecule has 3 rings (SSSR count). The molecule has 0 spiro atoms. The maximum atomic E-state index is 12.5. The number of hydrogen-bond donors (Lipinski definition) is 1. The first-order valence-electron chi connectivity index (χ1n) is 6.64. The highest BCUT2D eigenvalue weighted by Crippen LogP contribution is 2.31. The van der Waals surface area contributed by atoms with E-state index in [1.165, 1.54) is 12.1 Å². The maximum absolute atomic E-state index is 12.5. The van der Waals surface area contributed by atoms with Crippen molar-refractivity contribution in [2.24, 2.45) is 0 Å². The average molecular weight is 307 g/mol. The Bertz CT molecular complexity index is 678. The van der Waals surface area contributed by atoms with Gasteiger partial charge in [-0.3, -0.25) is 0 Å². The molecule has 0 aromatic heterocycles. The number of carbonyl (C=O) groups excluding carboxylic acids is 1. The maximum Gasteiger partial charge on any atom is 0.416 e. The smallest absolute Gasteiger partial charge is 0.416 e. The van der Waals surface area contributed by atoms with E-state index in [0.29, 0.717) is 5.56 Å². The third-order valence-electron chi connectivity index (χ3n) is 3.53. The normalized spacial score (nSPS) is 18.0. The second kappa shape index (κ2) is 5.36. The number of carbonyl (C=O) groups is 1. The number of ether oxygens (including phenoxy) is 1. The molecule has 2 aromatic rings. The minimum absolute atomic E-state index is 0.186. The highest BCUT2D eigenvalue weighted by molar-refractivity contribution is 5.70. The van der Waals surface area contributed by atoms with Gasteiger partial charge in [-0.2, -0.15) is 13.2 Å². The van der Waals surface area contributed by atoms with Crippen LogP contribution < -0.4 is 5.32 Å². The number of nitrogens with one attached hydrogen (secondary N) is 1. The molecule has 1 amide bonds. The fraction of sp³-hybridized carbons (Fsp3) is 0.188. The van der Waals surface area contributed by atoms with E-state index < -0.39 is 17.8 Å².